The fraction of sp³-hybridized carbons (Fsp3) is 0.800. The first kappa shape index (κ1) is 15.5. The van der Waals surface area contributed by atoms with E-state index >= 15 is 0 Å². The van der Waals surface area contributed by atoms with Crippen LogP contribution in [0.3, 0.4) is 0 Å². The molecule has 0 aromatic heterocycles. The predicted octanol–water partition coefficient (Wildman–Crippen LogP) is 4.28. The summed E-state index contributed by atoms with van der Waals surface area (Å²) in [6.45, 7) is 8.59. The second-order valence-electron chi connectivity index (χ2n) is 9.06. The van der Waals surface area contributed by atoms with Gasteiger partial charge < -0.3 is 0 Å². The third kappa shape index (κ3) is 1.91. The van der Waals surface area contributed by atoms with E-state index in [1.165, 1.54) is 0 Å². The van der Waals surface area contributed by atoms with Crippen LogP contribution in [0.4, 0.5) is 4.39 Å². The topological polar surface area (TPSA) is 34.1 Å². The van der Waals surface area contributed by atoms with Crippen molar-refractivity contribution in [2.45, 2.75) is 65.0 Å². The number of halogens is 1. The van der Waals surface area contributed by atoms with Crippen LogP contribution in [0.15, 0.2) is 12.2 Å². The number of carbonyl (C=O) groups is 2. The summed E-state index contributed by atoms with van der Waals surface area (Å²) >= 11 is 0. The molecule has 4 aliphatic carbocycles. The van der Waals surface area contributed by atoms with E-state index in [2.05, 4.69) is 13.5 Å². The molecule has 0 spiro atoms. The monoisotopic (exact) mass is 318 g/mol. The summed E-state index contributed by atoms with van der Waals surface area (Å²) in [6, 6.07) is 0. The molecule has 0 N–H and O–H groups in total. The highest BCUT2D eigenvalue weighted by molar-refractivity contribution is 5.88. The Morgan fingerprint density at radius 1 is 1.13 bits per heavy atom. The molecule has 0 aromatic carbocycles. The normalized spacial score (nSPS) is 52.8. The summed E-state index contributed by atoms with van der Waals surface area (Å²) < 4.78 is 14.8. The van der Waals surface area contributed by atoms with Gasteiger partial charge in [0.05, 0.1) is 0 Å². The lowest BCUT2D eigenvalue weighted by atomic mass is 9.44. The summed E-state index contributed by atoms with van der Waals surface area (Å²) in [6.07, 6.45) is 3.94. The van der Waals surface area contributed by atoms with Gasteiger partial charge in [0.15, 0.2) is 0 Å². The Morgan fingerprint density at radius 3 is 2.61 bits per heavy atom. The summed E-state index contributed by atoms with van der Waals surface area (Å²) in [5.74, 6) is 1.29. The Morgan fingerprint density at radius 2 is 1.87 bits per heavy atom. The molecule has 0 saturated heterocycles. The minimum absolute atomic E-state index is 0.0700. The number of carbonyl (C=O) groups excluding carboxylic acids is 2. The molecule has 23 heavy (non-hydrogen) atoms. The van der Waals surface area contributed by atoms with Crippen molar-refractivity contribution >= 4 is 11.6 Å². The van der Waals surface area contributed by atoms with Gasteiger partial charge in [-0.15, -0.1) is 0 Å². The third-order valence-corrected chi connectivity index (χ3v) is 8.10. The quantitative estimate of drug-likeness (QED) is 0.625. The summed E-state index contributed by atoms with van der Waals surface area (Å²) in [4.78, 5) is 24.3. The maximum Gasteiger partial charge on any atom is 0.142 e. The van der Waals surface area contributed by atoms with Crippen molar-refractivity contribution in [2.75, 3.05) is 0 Å². The van der Waals surface area contributed by atoms with Gasteiger partial charge >= 0.3 is 0 Å². The molecule has 0 aromatic rings. The van der Waals surface area contributed by atoms with Crippen LogP contribution in [0.25, 0.3) is 0 Å². The molecule has 0 heterocycles. The molecular formula is C20H27FO2. The Kier molecular flexibility index (Phi) is 3.22. The van der Waals surface area contributed by atoms with Crippen LogP contribution in [0.2, 0.25) is 0 Å². The van der Waals surface area contributed by atoms with Crippen molar-refractivity contribution < 1.29 is 14.0 Å². The van der Waals surface area contributed by atoms with Crippen LogP contribution in [-0.2, 0) is 9.59 Å². The lowest BCUT2D eigenvalue weighted by Crippen LogP contribution is -2.55. The average molecular weight is 318 g/mol. The number of hydrogen-bond donors (Lipinski definition) is 0. The van der Waals surface area contributed by atoms with Crippen molar-refractivity contribution in [3.05, 3.63) is 12.2 Å². The first-order valence-corrected chi connectivity index (χ1v) is 9.14. The summed E-state index contributed by atoms with van der Waals surface area (Å²) in [7, 11) is 0. The minimum Gasteiger partial charge on any atom is -0.300 e. The molecule has 0 amide bonds. The summed E-state index contributed by atoms with van der Waals surface area (Å²) in [5.41, 5.74) is 0.743. The average Bonchev–Trinajstić information content (AvgIpc) is 2.71. The lowest BCUT2D eigenvalue weighted by molar-refractivity contribution is -0.140. The highest BCUT2D eigenvalue weighted by Crippen LogP contribution is 2.66. The van der Waals surface area contributed by atoms with E-state index in [1.807, 2.05) is 6.92 Å². The molecular weight excluding hydrogens is 291 g/mol. The Balaban J connectivity index is 1.73. The lowest BCUT2D eigenvalue weighted by Gasteiger charge is -2.60. The van der Waals surface area contributed by atoms with Gasteiger partial charge in [-0.05, 0) is 48.9 Å². The fourth-order valence-corrected chi connectivity index (χ4v) is 6.82. The second kappa shape index (κ2) is 4.77. The Bertz CT molecular complexity index is 596. The van der Waals surface area contributed by atoms with Crippen molar-refractivity contribution in [1.82, 2.24) is 0 Å². The van der Waals surface area contributed by atoms with Gasteiger partial charge in [0.25, 0.3) is 0 Å². The van der Waals surface area contributed by atoms with E-state index in [4.69, 9.17) is 0 Å². The van der Waals surface area contributed by atoms with E-state index in [-0.39, 0.29) is 35.4 Å². The van der Waals surface area contributed by atoms with Gasteiger partial charge in [0.2, 0.25) is 0 Å². The molecule has 0 aliphatic heterocycles. The number of allylic oxidation sites excluding steroid dienone is 1. The molecule has 7 unspecified atom stereocenters. The largest absolute Gasteiger partial charge is 0.300 e. The van der Waals surface area contributed by atoms with Crippen LogP contribution in [0, 0.1) is 34.5 Å². The van der Waals surface area contributed by atoms with Gasteiger partial charge in [-0.3, -0.25) is 9.59 Å². The molecule has 4 aliphatic rings. The third-order valence-electron chi connectivity index (χ3n) is 8.10. The molecule has 4 saturated carbocycles. The first-order valence-electron chi connectivity index (χ1n) is 9.14. The highest BCUT2D eigenvalue weighted by atomic mass is 19.1. The highest BCUT2D eigenvalue weighted by Gasteiger charge is 2.63. The molecule has 0 bridgehead atoms. The molecule has 0 radical (unpaired) electrons. The van der Waals surface area contributed by atoms with E-state index in [0.29, 0.717) is 24.5 Å². The first-order chi connectivity index (χ1) is 10.8. The van der Waals surface area contributed by atoms with Crippen LogP contribution >= 0.6 is 0 Å². The molecule has 126 valence electrons. The number of ketones is 2. The van der Waals surface area contributed by atoms with Crippen LogP contribution in [0.1, 0.15) is 58.8 Å². The smallest absolute Gasteiger partial charge is 0.142 e. The van der Waals surface area contributed by atoms with E-state index in [1.54, 1.807) is 0 Å². The van der Waals surface area contributed by atoms with Crippen molar-refractivity contribution in [1.29, 1.82) is 0 Å². The van der Waals surface area contributed by atoms with Gasteiger partial charge in [-0.25, -0.2) is 4.39 Å². The zero-order valence-corrected chi connectivity index (χ0v) is 14.2. The molecule has 4 fully saturated rings. The SMILES string of the molecule is C=C1CC2C3C(F)CC(=O)C3(C)CCC2C2(C)CCC(=O)CC12. The Labute approximate surface area is 137 Å². The zero-order chi connectivity index (χ0) is 16.6. The van der Waals surface area contributed by atoms with Crippen LogP contribution in [-0.4, -0.2) is 17.7 Å². The molecule has 4 rings (SSSR count). The van der Waals surface area contributed by atoms with Gasteiger partial charge in [-0.1, -0.05) is 26.0 Å². The fourth-order valence-electron chi connectivity index (χ4n) is 6.82. The number of Topliss-reactive ketones (excluding diaryl/α,β-unsaturated/α-hetero) is 2. The molecule has 2 nitrogen and oxygen atoms in total. The number of fused-ring (bicyclic) bond motifs is 5. The van der Waals surface area contributed by atoms with E-state index in [9.17, 15) is 14.0 Å². The maximum absolute atomic E-state index is 14.8. The van der Waals surface area contributed by atoms with Crippen LogP contribution in [0.5, 0.6) is 0 Å². The predicted molar refractivity (Wildman–Crippen MR) is 86.5 cm³/mol. The number of rotatable bonds is 0. The van der Waals surface area contributed by atoms with Gasteiger partial charge in [-0.2, -0.15) is 0 Å². The summed E-state index contributed by atoms with van der Waals surface area (Å²) in [5, 5.41) is 0. The van der Waals surface area contributed by atoms with E-state index in [0.717, 1.165) is 31.3 Å². The van der Waals surface area contributed by atoms with Crippen LogP contribution < -0.4 is 0 Å². The number of hydrogen-bond acceptors (Lipinski definition) is 2. The number of alkyl halides is 1. The minimum atomic E-state index is -0.988. The van der Waals surface area contributed by atoms with Crippen molar-refractivity contribution in [3.63, 3.8) is 0 Å². The van der Waals surface area contributed by atoms with E-state index < -0.39 is 11.6 Å². The second-order valence-corrected chi connectivity index (χ2v) is 9.06. The van der Waals surface area contributed by atoms with Crippen molar-refractivity contribution in [3.8, 4) is 0 Å². The molecule has 7 atom stereocenters. The Hall–Kier alpha value is -0.990. The van der Waals surface area contributed by atoms with Crippen molar-refractivity contribution in [2.24, 2.45) is 34.5 Å². The zero-order valence-electron chi connectivity index (χ0n) is 14.2. The van der Waals surface area contributed by atoms with Gasteiger partial charge in [0, 0.05) is 30.6 Å². The standard InChI is InChI=1S/C20H27FO2/c1-11-8-13-14(19(2)6-4-12(22)9-15(11)19)5-7-20(3)17(23)10-16(21)18(13)20/h13-16,18H,1,4-10H2,2-3H3. The van der Waals surface area contributed by atoms with Gasteiger partial charge in [0.1, 0.15) is 17.7 Å². The molecule has 3 heteroatoms. The maximum atomic E-state index is 14.8.